The number of likely N-dealkylation sites (tertiary alicyclic amines) is 1. The summed E-state index contributed by atoms with van der Waals surface area (Å²) in [5.41, 5.74) is 0.330. The summed E-state index contributed by atoms with van der Waals surface area (Å²) in [7, 11) is 0. The summed E-state index contributed by atoms with van der Waals surface area (Å²) in [5, 5.41) is 3.25. The fraction of sp³-hybridized carbons (Fsp3) is 0.640. The quantitative estimate of drug-likeness (QED) is 0.501. The molecule has 0 spiro atoms. The van der Waals surface area contributed by atoms with Gasteiger partial charge in [-0.2, -0.15) is 0 Å². The fourth-order valence-electron chi connectivity index (χ4n) is 6.76. The zero-order valence-corrected chi connectivity index (χ0v) is 19.3. The van der Waals surface area contributed by atoms with E-state index < -0.39 is 5.97 Å². The zero-order valence-electron chi connectivity index (χ0n) is 18.5. The number of benzene rings is 1. The third-order valence-corrected chi connectivity index (χ3v) is 8.75. The topological polar surface area (TPSA) is 75.7 Å². The van der Waals surface area contributed by atoms with Crippen molar-refractivity contribution >= 4 is 29.5 Å². The Balaban J connectivity index is 1.14. The number of nitrogens with one attached hydrogen (secondary N) is 1. The van der Waals surface area contributed by atoms with Gasteiger partial charge in [-0.25, -0.2) is 4.79 Å². The van der Waals surface area contributed by atoms with Crippen molar-refractivity contribution in [3.63, 3.8) is 0 Å². The molecule has 0 unspecified atom stereocenters. The lowest BCUT2D eigenvalue weighted by molar-refractivity contribution is -0.130. The number of esters is 1. The molecule has 1 aromatic rings. The molecule has 32 heavy (non-hydrogen) atoms. The van der Waals surface area contributed by atoms with E-state index in [-0.39, 0.29) is 24.0 Å². The summed E-state index contributed by atoms with van der Waals surface area (Å²) in [4.78, 5) is 40.3. The number of amides is 2. The number of carbonyl (C=O) groups is 3. The summed E-state index contributed by atoms with van der Waals surface area (Å²) >= 11 is 1.36. The average molecular weight is 457 g/mol. The Morgan fingerprint density at radius 2 is 1.62 bits per heavy atom. The van der Waals surface area contributed by atoms with E-state index >= 15 is 0 Å². The van der Waals surface area contributed by atoms with Crippen molar-refractivity contribution in [3.05, 3.63) is 29.8 Å². The number of hydrogen-bond acceptors (Lipinski definition) is 5. The Labute approximate surface area is 193 Å². The van der Waals surface area contributed by atoms with Crippen LogP contribution in [0.5, 0.6) is 0 Å². The molecule has 0 atom stereocenters. The summed E-state index contributed by atoms with van der Waals surface area (Å²) in [6.07, 6.45) is 9.29. The highest BCUT2D eigenvalue weighted by molar-refractivity contribution is 8.00. The van der Waals surface area contributed by atoms with Crippen molar-refractivity contribution in [1.29, 1.82) is 0 Å². The van der Waals surface area contributed by atoms with E-state index in [9.17, 15) is 14.4 Å². The van der Waals surface area contributed by atoms with E-state index in [1.54, 1.807) is 12.1 Å². The molecule has 6 rings (SSSR count). The third kappa shape index (κ3) is 4.68. The van der Waals surface area contributed by atoms with E-state index in [4.69, 9.17) is 4.74 Å². The van der Waals surface area contributed by atoms with Crippen molar-refractivity contribution in [2.75, 3.05) is 25.4 Å². The largest absolute Gasteiger partial charge is 0.452 e. The molecule has 5 fully saturated rings. The predicted octanol–water partition coefficient (Wildman–Crippen LogP) is 3.64. The molecule has 0 aromatic heterocycles. The van der Waals surface area contributed by atoms with Crippen LogP contribution in [0.2, 0.25) is 0 Å². The van der Waals surface area contributed by atoms with Crippen LogP contribution in [-0.2, 0) is 14.3 Å². The highest BCUT2D eigenvalue weighted by Crippen LogP contribution is 2.55. The van der Waals surface area contributed by atoms with Crippen molar-refractivity contribution < 1.29 is 19.1 Å². The molecule has 1 saturated heterocycles. The normalized spacial score (nSPS) is 30.4. The zero-order chi connectivity index (χ0) is 22.1. The number of carbonyl (C=O) groups excluding carboxylic acids is 3. The van der Waals surface area contributed by atoms with Crippen LogP contribution >= 0.6 is 11.8 Å². The summed E-state index contributed by atoms with van der Waals surface area (Å²) in [6.45, 7) is 1.39. The van der Waals surface area contributed by atoms with Crippen LogP contribution in [0.15, 0.2) is 29.2 Å². The SMILES string of the molecule is O=C(COC(=O)c1ccccc1SCC(=O)N1CCCC1)NC12CC3CC(CC(C3)C1)C2. The first-order valence-electron chi connectivity index (χ1n) is 12.0. The smallest absolute Gasteiger partial charge is 0.339 e. The maximum Gasteiger partial charge on any atom is 0.339 e. The van der Waals surface area contributed by atoms with Crippen LogP contribution in [-0.4, -0.2) is 53.7 Å². The van der Waals surface area contributed by atoms with Gasteiger partial charge in [-0.05, 0) is 81.3 Å². The van der Waals surface area contributed by atoms with Crippen molar-refractivity contribution in [1.82, 2.24) is 10.2 Å². The Morgan fingerprint density at radius 3 is 2.28 bits per heavy atom. The van der Waals surface area contributed by atoms with Crippen molar-refractivity contribution in [2.24, 2.45) is 17.8 Å². The van der Waals surface area contributed by atoms with E-state index in [1.165, 1.54) is 31.0 Å². The Kier molecular flexibility index (Phi) is 6.19. The van der Waals surface area contributed by atoms with Gasteiger partial charge in [0.25, 0.3) is 5.91 Å². The van der Waals surface area contributed by atoms with Crippen LogP contribution in [0.1, 0.15) is 61.7 Å². The molecular formula is C25H32N2O4S. The van der Waals surface area contributed by atoms with Gasteiger partial charge in [-0.15, -0.1) is 11.8 Å². The molecule has 4 aliphatic carbocycles. The van der Waals surface area contributed by atoms with Gasteiger partial charge in [0, 0.05) is 23.5 Å². The number of rotatable bonds is 7. The highest BCUT2D eigenvalue weighted by Gasteiger charge is 2.51. The molecular weight excluding hydrogens is 424 g/mol. The van der Waals surface area contributed by atoms with Crippen LogP contribution < -0.4 is 5.32 Å². The fourth-order valence-corrected chi connectivity index (χ4v) is 7.71. The molecule has 7 heteroatoms. The predicted molar refractivity (Wildman–Crippen MR) is 122 cm³/mol. The highest BCUT2D eigenvalue weighted by atomic mass is 32.2. The monoisotopic (exact) mass is 456 g/mol. The van der Waals surface area contributed by atoms with Gasteiger partial charge in [0.05, 0.1) is 11.3 Å². The molecule has 2 amide bonds. The minimum atomic E-state index is -0.512. The molecule has 4 bridgehead atoms. The second-order valence-corrected chi connectivity index (χ2v) is 11.2. The maximum absolute atomic E-state index is 12.7. The number of thioether (sulfide) groups is 1. The van der Waals surface area contributed by atoms with Crippen LogP contribution in [0.25, 0.3) is 0 Å². The van der Waals surface area contributed by atoms with E-state index in [0.717, 1.165) is 62.9 Å². The van der Waals surface area contributed by atoms with E-state index in [1.807, 2.05) is 17.0 Å². The Hall–Kier alpha value is -2.02. The first-order chi connectivity index (χ1) is 15.5. The molecule has 172 valence electrons. The lowest BCUT2D eigenvalue weighted by Gasteiger charge is -2.56. The lowest BCUT2D eigenvalue weighted by Crippen LogP contribution is -2.60. The molecule has 1 aromatic carbocycles. The first kappa shape index (κ1) is 21.8. The van der Waals surface area contributed by atoms with Gasteiger partial charge in [0.2, 0.25) is 5.91 Å². The van der Waals surface area contributed by atoms with Crippen molar-refractivity contribution in [3.8, 4) is 0 Å². The summed E-state index contributed by atoms with van der Waals surface area (Å²) in [6, 6.07) is 7.15. The van der Waals surface area contributed by atoms with Gasteiger partial charge in [0.15, 0.2) is 6.61 Å². The molecule has 6 nitrogen and oxygen atoms in total. The molecule has 5 aliphatic rings. The maximum atomic E-state index is 12.7. The van der Waals surface area contributed by atoms with Crippen LogP contribution in [0.3, 0.4) is 0 Å². The standard InChI is InChI=1S/C25H32N2O4S/c28-22(26-25-12-17-9-18(13-25)11-19(10-17)14-25)15-31-24(30)20-5-1-2-6-21(20)32-16-23(29)27-7-3-4-8-27/h1-2,5-6,17-19H,3-4,7-16H2,(H,26,28). The van der Waals surface area contributed by atoms with Crippen molar-refractivity contribution in [2.45, 2.75) is 61.8 Å². The average Bonchev–Trinajstić information content (AvgIpc) is 3.30. The van der Waals surface area contributed by atoms with E-state index in [2.05, 4.69) is 5.32 Å². The van der Waals surface area contributed by atoms with Crippen LogP contribution in [0, 0.1) is 17.8 Å². The number of nitrogens with zero attached hydrogens (tertiary/aromatic N) is 1. The minimum Gasteiger partial charge on any atom is -0.452 e. The Morgan fingerprint density at radius 1 is 1.00 bits per heavy atom. The lowest BCUT2D eigenvalue weighted by atomic mass is 9.53. The summed E-state index contributed by atoms with van der Waals surface area (Å²) < 4.78 is 5.39. The summed E-state index contributed by atoms with van der Waals surface area (Å²) in [5.74, 6) is 1.93. The van der Waals surface area contributed by atoms with Gasteiger partial charge >= 0.3 is 5.97 Å². The molecule has 1 heterocycles. The molecule has 4 saturated carbocycles. The first-order valence-corrected chi connectivity index (χ1v) is 13.0. The molecule has 1 aliphatic heterocycles. The molecule has 0 radical (unpaired) electrons. The van der Waals surface area contributed by atoms with Gasteiger partial charge in [-0.1, -0.05) is 12.1 Å². The minimum absolute atomic E-state index is 0.0814. The van der Waals surface area contributed by atoms with E-state index in [0.29, 0.717) is 16.2 Å². The second-order valence-electron chi connectivity index (χ2n) is 10.2. The van der Waals surface area contributed by atoms with Crippen LogP contribution in [0.4, 0.5) is 0 Å². The van der Waals surface area contributed by atoms with Gasteiger partial charge in [0.1, 0.15) is 0 Å². The number of ether oxygens (including phenoxy) is 1. The second kappa shape index (κ2) is 9.08. The van der Waals surface area contributed by atoms with Gasteiger partial charge in [-0.3, -0.25) is 9.59 Å². The van der Waals surface area contributed by atoms with Gasteiger partial charge < -0.3 is 15.0 Å². The number of hydrogen-bond donors (Lipinski definition) is 1. The molecule has 1 N–H and O–H groups in total. The third-order valence-electron chi connectivity index (χ3n) is 7.69. The Bertz CT molecular complexity index is 860.